The van der Waals surface area contributed by atoms with Crippen LogP contribution < -0.4 is 20.5 Å². The van der Waals surface area contributed by atoms with E-state index in [-0.39, 0.29) is 23.3 Å². The highest BCUT2D eigenvalue weighted by Gasteiger charge is 2.13. The number of nitrogens with one attached hydrogen (secondary N) is 1. The smallest absolute Gasteiger partial charge is 0.232 e. The molecule has 0 bridgehead atoms. The van der Waals surface area contributed by atoms with Gasteiger partial charge in [0.15, 0.2) is 17.3 Å². The van der Waals surface area contributed by atoms with E-state index in [0.717, 1.165) is 11.3 Å². The third-order valence-corrected chi connectivity index (χ3v) is 3.92. The predicted octanol–water partition coefficient (Wildman–Crippen LogP) is 3.03. The van der Waals surface area contributed by atoms with Gasteiger partial charge in [-0.25, -0.2) is 0 Å². The van der Waals surface area contributed by atoms with Crippen LogP contribution in [0.2, 0.25) is 0 Å². The Bertz CT molecular complexity index is 1080. The zero-order valence-electron chi connectivity index (χ0n) is 14.8. The number of rotatable bonds is 4. The van der Waals surface area contributed by atoms with Gasteiger partial charge in [0.25, 0.3) is 0 Å². The van der Waals surface area contributed by atoms with Crippen molar-refractivity contribution in [3.05, 3.63) is 59.9 Å². The standard InChI is InChI=1S/C20H16N6O2/c21-12-14(10-13-6-7-16-17(11-13)28-9-8-27-16)18-24-19(22)26-20(25-18)23-15-4-2-1-3-5-15/h1-7,10-11H,8-9H2,(H3,22,23,24,25,26)/b14-10+. The number of hydrogen-bond donors (Lipinski definition) is 2. The number of para-hydroxylation sites is 1. The van der Waals surface area contributed by atoms with Crippen LogP contribution >= 0.6 is 0 Å². The summed E-state index contributed by atoms with van der Waals surface area (Å²) < 4.78 is 11.1. The summed E-state index contributed by atoms with van der Waals surface area (Å²) in [7, 11) is 0. The summed E-state index contributed by atoms with van der Waals surface area (Å²) in [5.74, 6) is 1.78. The second kappa shape index (κ2) is 7.63. The van der Waals surface area contributed by atoms with Gasteiger partial charge in [0.05, 0.1) is 5.57 Å². The van der Waals surface area contributed by atoms with Crippen LogP contribution in [0.25, 0.3) is 11.6 Å². The Morgan fingerprint density at radius 1 is 1.04 bits per heavy atom. The molecule has 1 aliphatic heterocycles. The maximum Gasteiger partial charge on any atom is 0.232 e. The average molecular weight is 372 g/mol. The van der Waals surface area contributed by atoms with Crippen molar-refractivity contribution in [3.8, 4) is 17.6 Å². The summed E-state index contributed by atoms with van der Waals surface area (Å²) in [4.78, 5) is 12.5. The number of anilines is 3. The van der Waals surface area contributed by atoms with Crippen molar-refractivity contribution in [1.82, 2.24) is 15.0 Å². The molecule has 0 saturated carbocycles. The van der Waals surface area contributed by atoms with E-state index >= 15 is 0 Å². The number of aromatic nitrogens is 3. The molecule has 0 saturated heterocycles. The first kappa shape index (κ1) is 17.3. The average Bonchev–Trinajstić information content (AvgIpc) is 2.72. The van der Waals surface area contributed by atoms with Gasteiger partial charge < -0.3 is 20.5 Å². The molecule has 0 aliphatic carbocycles. The van der Waals surface area contributed by atoms with Crippen LogP contribution in [0.3, 0.4) is 0 Å². The van der Waals surface area contributed by atoms with E-state index in [1.807, 2.05) is 36.4 Å². The molecule has 0 fully saturated rings. The van der Waals surface area contributed by atoms with E-state index in [1.165, 1.54) is 0 Å². The number of nitrogen functional groups attached to an aromatic ring is 1. The second-order valence-electron chi connectivity index (χ2n) is 5.90. The molecule has 0 unspecified atom stereocenters. The highest BCUT2D eigenvalue weighted by molar-refractivity contribution is 5.87. The molecule has 3 aromatic rings. The number of nitriles is 1. The summed E-state index contributed by atoms with van der Waals surface area (Å²) in [6.45, 7) is 1.01. The zero-order chi connectivity index (χ0) is 19.3. The third kappa shape index (κ3) is 3.83. The van der Waals surface area contributed by atoms with Gasteiger partial charge >= 0.3 is 0 Å². The van der Waals surface area contributed by atoms with Crippen molar-refractivity contribution in [2.45, 2.75) is 0 Å². The van der Waals surface area contributed by atoms with Crippen molar-refractivity contribution < 1.29 is 9.47 Å². The van der Waals surface area contributed by atoms with Crippen molar-refractivity contribution in [2.24, 2.45) is 0 Å². The molecule has 4 rings (SSSR count). The first-order chi connectivity index (χ1) is 13.7. The van der Waals surface area contributed by atoms with E-state index in [2.05, 4.69) is 26.3 Å². The molecule has 2 heterocycles. The third-order valence-electron chi connectivity index (χ3n) is 3.92. The first-order valence-electron chi connectivity index (χ1n) is 8.57. The van der Waals surface area contributed by atoms with Crippen molar-refractivity contribution in [3.63, 3.8) is 0 Å². The maximum atomic E-state index is 9.61. The largest absolute Gasteiger partial charge is 0.486 e. The Morgan fingerprint density at radius 2 is 1.82 bits per heavy atom. The van der Waals surface area contributed by atoms with Crippen molar-refractivity contribution >= 4 is 29.2 Å². The number of hydrogen-bond acceptors (Lipinski definition) is 8. The fourth-order valence-electron chi connectivity index (χ4n) is 2.68. The van der Waals surface area contributed by atoms with E-state index < -0.39 is 0 Å². The van der Waals surface area contributed by atoms with Gasteiger partial charge in [-0.2, -0.15) is 20.2 Å². The number of nitrogens with zero attached hydrogens (tertiary/aromatic N) is 4. The van der Waals surface area contributed by atoms with Crippen LogP contribution in [0.4, 0.5) is 17.6 Å². The lowest BCUT2D eigenvalue weighted by Crippen LogP contribution is -2.15. The molecular weight excluding hydrogens is 356 g/mol. The van der Waals surface area contributed by atoms with Crippen LogP contribution in [-0.2, 0) is 0 Å². The van der Waals surface area contributed by atoms with Crippen molar-refractivity contribution in [1.29, 1.82) is 5.26 Å². The molecule has 0 radical (unpaired) electrons. The van der Waals surface area contributed by atoms with E-state index in [0.29, 0.717) is 24.7 Å². The Morgan fingerprint density at radius 3 is 2.61 bits per heavy atom. The number of nitrogens with two attached hydrogens (primary N) is 1. The lowest BCUT2D eigenvalue weighted by atomic mass is 10.1. The summed E-state index contributed by atoms with van der Waals surface area (Å²) in [6.07, 6.45) is 1.67. The first-order valence-corrected chi connectivity index (χ1v) is 8.57. The van der Waals surface area contributed by atoms with Gasteiger partial charge in [0.1, 0.15) is 19.3 Å². The van der Waals surface area contributed by atoms with Crippen LogP contribution in [0, 0.1) is 11.3 Å². The molecule has 2 aromatic carbocycles. The van der Waals surface area contributed by atoms with Gasteiger partial charge in [-0.15, -0.1) is 0 Å². The number of fused-ring (bicyclic) bond motifs is 1. The van der Waals surface area contributed by atoms with Gasteiger partial charge in [0, 0.05) is 5.69 Å². The normalized spacial score (nSPS) is 12.9. The minimum absolute atomic E-state index is 0.0201. The minimum Gasteiger partial charge on any atom is -0.486 e. The van der Waals surface area contributed by atoms with E-state index in [4.69, 9.17) is 15.2 Å². The monoisotopic (exact) mass is 372 g/mol. The molecule has 0 spiro atoms. The highest BCUT2D eigenvalue weighted by atomic mass is 16.6. The fraction of sp³-hybridized carbons (Fsp3) is 0.100. The molecule has 8 heteroatoms. The Kier molecular flexibility index (Phi) is 4.72. The van der Waals surface area contributed by atoms with Gasteiger partial charge in [0.2, 0.25) is 11.9 Å². The van der Waals surface area contributed by atoms with Gasteiger partial charge in [-0.1, -0.05) is 24.3 Å². The Labute approximate surface area is 161 Å². The Hall–Kier alpha value is -4.12. The van der Waals surface area contributed by atoms with Gasteiger partial charge in [-0.3, -0.25) is 0 Å². The molecule has 138 valence electrons. The van der Waals surface area contributed by atoms with Crippen molar-refractivity contribution in [2.75, 3.05) is 24.3 Å². The zero-order valence-corrected chi connectivity index (χ0v) is 14.8. The van der Waals surface area contributed by atoms with Crippen LogP contribution in [-0.4, -0.2) is 28.2 Å². The van der Waals surface area contributed by atoms with Crippen LogP contribution in [0.1, 0.15) is 11.4 Å². The molecule has 3 N–H and O–H groups in total. The maximum absolute atomic E-state index is 9.61. The lowest BCUT2D eigenvalue weighted by Gasteiger charge is -2.18. The summed E-state index contributed by atoms with van der Waals surface area (Å²) >= 11 is 0. The minimum atomic E-state index is 0.0201. The molecule has 1 aromatic heterocycles. The number of benzene rings is 2. The fourth-order valence-corrected chi connectivity index (χ4v) is 2.68. The summed E-state index contributed by atoms with van der Waals surface area (Å²) in [5, 5.41) is 12.7. The molecule has 28 heavy (non-hydrogen) atoms. The highest BCUT2D eigenvalue weighted by Crippen LogP contribution is 2.32. The Balaban J connectivity index is 1.66. The molecule has 1 aliphatic rings. The topological polar surface area (TPSA) is 119 Å². The summed E-state index contributed by atoms with van der Waals surface area (Å²) in [6, 6.07) is 17.0. The second-order valence-corrected chi connectivity index (χ2v) is 5.90. The van der Waals surface area contributed by atoms with E-state index in [1.54, 1.807) is 18.2 Å². The molecule has 0 amide bonds. The summed E-state index contributed by atoms with van der Waals surface area (Å²) in [5.41, 5.74) is 7.63. The number of ether oxygens (including phenoxy) is 2. The van der Waals surface area contributed by atoms with Crippen LogP contribution in [0.5, 0.6) is 11.5 Å². The van der Waals surface area contributed by atoms with Crippen LogP contribution in [0.15, 0.2) is 48.5 Å². The van der Waals surface area contributed by atoms with E-state index in [9.17, 15) is 5.26 Å². The lowest BCUT2D eigenvalue weighted by molar-refractivity contribution is 0.171. The molecular formula is C20H16N6O2. The predicted molar refractivity (Wildman–Crippen MR) is 105 cm³/mol. The molecule has 0 atom stereocenters. The SMILES string of the molecule is N#C/C(=C\c1ccc2c(c1)OCCO2)c1nc(N)nc(Nc2ccccc2)n1. The van der Waals surface area contributed by atoms with Gasteiger partial charge in [-0.05, 0) is 35.9 Å². The number of allylic oxidation sites excluding steroid dienone is 1. The quantitative estimate of drug-likeness (QED) is 0.671. The molecule has 8 nitrogen and oxygen atoms in total.